The number of anilines is 1. The van der Waals surface area contributed by atoms with E-state index in [-0.39, 0.29) is 22.0 Å². The van der Waals surface area contributed by atoms with Gasteiger partial charge >= 0.3 is 0 Å². The van der Waals surface area contributed by atoms with Crippen LogP contribution < -0.4 is 10.9 Å². The van der Waals surface area contributed by atoms with Gasteiger partial charge in [-0.2, -0.15) is 0 Å². The summed E-state index contributed by atoms with van der Waals surface area (Å²) in [7, 11) is 0. The van der Waals surface area contributed by atoms with Gasteiger partial charge in [0.2, 0.25) is 0 Å². The highest BCUT2D eigenvalue weighted by molar-refractivity contribution is 7.99. The molecule has 0 bridgehead atoms. The molecule has 1 amide bonds. The van der Waals surface area contributed by atoms with Crippen LogP contribution in [0.3, 0.4) is 0 Å². The largest absolute Gasteiger partial charge is 0.316 e. The number of benzene rings is 1. The number of fused-ring (bicyclic) bond motifs is 1. The van der Waals surface area contributed by atoms with Crippen molar-refractivity contribution in [1.82, 2.24) is 9.55 Å². The van der Waals surface area contributed by atoms with Crippen molar-refractivity contribution in [3.05, 3.63) is 55.5 Å². The Kier molecular flexibility index (Phi) is 4.05. The van der Waals surface area contributed by atoms with E-state index < -0.39 is 16.4 Å². The number of nitro groups is 1. The molecule has 2 aromatic rings. The van der Waals surface area contributed by atoms with Crippen molar-refractivity contribution in [3.63, 3.8) is 0 Å². The molecule has 10 heteroatoms. The number of rotatable bonds is 3. The highest BCUT2D eigenvalue weighted by atomic mass is 35.5. The number of thioether (sulfide) groups is 1. The topological polar surface area (TPSA) is 107 Å². The molecule has 118 valence electrons. The normalized spacial score (nSPS) is 12.7. The molecule has 1 aliphatic rings. The van der Waals surface area contributed by atoms with E-state index in [2.05, 4.69) is 10.3 Å². The molecule has 0 unspecified atom stereocenters. The van der Waals surface area contributed by atoms with E-state index in [9.17, 15) is 19.7 Å². The number of nitrogens with one attached hydrogen (secondary N) is 1. The summed E-state index contributed by atoms with van der Waals surface area (Å²) in [5.41, 5.74) is -1.04. The highest BCUT2D eigenvalue weighted by Crippen LogP contribution is 2.28. The summed E-state index contributed by atoms with van der Waals surface area (Å²) >= 11 is 7.23. The summed E-state index contributed by atoms with van der Waals surface area (Å²) in [5.74, 6) is -0.0485. The molecule has 0 saturated heterocycles. The minimum atomic E-state index is -0.764. The molecule has 2 heterocycles. The number of amides is 1. The minimum absolute atomic E-state index is 0.0771. The highest BCUT2D eigenvalue weighted by Gasteiger charge is 2.22. The zero-order chi connectivity index (χ0) is 16.6. The van der Waals surface area contributed by atoms with Crippen LogP contribution in [0.5, 0.6) is 0 Å². The SMILES string of the molecule is O=C(Nc1cc(Cl)ccc1[N+](=O)[O-])c1cnc2n(c1=O)CCS2. The van der Waals surface area contributed by atoms with Gasteiger partial charge in [0.05, 0.1) is 4.92 Å². The van der Waals surface area contributed by atoms with E-state index in [4.69, 9.17) is 11.6 Å². The number of halogens is 1. The first kappa shape index (κ1) is 15.5. The molecule has 23 heavy (non-hydrogen) atoms. The predicted molar refractivity (Wildman–Crippen MR) is 85.3 cm³/mol. The molecule has 0 spiro atoms. The maximum absolute atomic E-state index is 12.3. The fraction of sp³-hybridized carbons (Fsp3) is 0.154. The van der Waals surface area contributed by atoms with Crippen molar-refractivity contribution in [2.45, 2.75) is 11.7 Å². The molecule has 0 saturated carbocycles. The van der Waals surface area contributed by atoms with Gasteiger partial charge in [-0.25, -0.2) is 4.98 Å². The number of hydrogen-bond acceptors (Lipinski definition) is 6. The Morgan fingerprint density at radius 2 is 2.26 bits per heavy atom. The second kappa shape index (κ2) is 6.01. The average molecular weight is 353 g/mol. The second-order valence-electron chi connectivity index (χ2n) is 4.63. The number of nitro benzene ring substituents is 1. The summed E-state index contributed by atoms with van der Waals surface area (Å²) in [5, 5.41) is 14.1. The molecular weight excluding hydrogens is 344 g/mol. The van der Waals surface area contributed by atoms with Gasteiger partial charge in [-0.3, -0.25) is 24.3 Å². The minimum Gasteiger partial charge on any atom is -0.316 e. The van der Waals surface area contributed by atoms with Gasteiger partial charge < -0.3 is 5.32 Å². The quantitative estimate of drug-likeness (QED) is 0.515. The third kappa shape index (κ3) is 2.92. The Morgan fingerprint density at radius 1 is 1.48 bits per heavy atom. The van der Waals surface area contributed by atoms with E-state index in [1.165, 1.54) is 40.7 Å². The second-order valence-corrected chi connectivity index (χ2v) is 6.13. The first-order valence-corrected chi connectivity index (χ1v) is 7.81. The molecule has 3 rings (SSSR count). The van der Waals surface area contributed by atoms with E-state index >= 15 is 0 Å². The number of aromatic nitrogens is 2. The summed E-state index contributed by atoms with van der Waals surface area (Å²) in [6, 6.07) is 3.78. The van der Waals surface area contributed by atoms with E-state index in [0.717, 1.165) is 0 Å². The Morgan fingerprint density at radius 3 is 3.00 bits per heavy atom. The Hall–Kier alpha value is -2.39. The van der Waals surface area contributed by atoms with Crippen LogP contribution in [0.15, 0.2) is 34.3 Å². The number of carbonyl (C=O) groups is 1. The average Bonchev–Trinajstić information content (AvgIpc) is 2.96. The third-order valence-corrected chi connectivity index (χ3v) is 4.41. The molecule has 1 aromatic heterocycles. The van der Waals surface area contributed by atoms with Gasteiger partial charge in [-0.1, -0.05) is 23.4 Å². The number of hydrogen-bond donors (Lipinski definition) is 1. The van der Waals surface area contributed by atoms with Crippen LogP contribution >= 0.6 is 23.4 Å². The molecule has 0 atom stereocenters. The van der Waals surface area contributed by atoms with Crippen molar-refractivity contribution in [2.24, 2.45) is 0 Å². The molecule has 1 aliphatic heterocycles. The lowest BCUT2D eigenvalue weighted by atomic mass is 10.2. The summed E-state index contributed by atoms with van der Waals surface area (Å²) in [4.78, 5) is 39.0. The fourth-order valence-electron chi connectivity index (χ4n) is 2.13. The van der Waals surface area contributed by atoms with Crippen LogP contribution in [0, 0.1) is 10.1 Å². The molecular formula is C13H9ClN4O4S. The lowest BCUT2D eigenvalue weighted by Crippen LogP contribution is -2.29. The maximum Gasteiger partial charge on any atom is 0.292 e. The molecule has 0 aliphatic carbocycles. The zero-order valence-corrected chi connectivity index (χ0v) is 13.1. The Balaban J connectivity index is 1.96. The zero-order valence-electron chi connectivity index (χ0n) is 11.5. The molecule has 8 nitrogen and oxygen atoms in total. The first-order valence-electron chi connectivity index (χ1n) is 6.45. The summed E-state index contributed by atoms with van der Waals surface area (Å²) in [6.07, 6.45) is 1.18. The molecule has 0 radical (unpaired) electrons. The van der Waals surface area contributed by atoms with Crippen molar-refractivity contribution >= 4 is 40.6 Å². The Bertz CT molecular complexity index is 883. The van der Waals surface area contributed by atoms with Gasteiger partial charge in [0, 0.05) is 29.6 Å². The van der Waals surface area contributed by atoms with Crippen LogP contribution in [-0.4, -0.2) is 26.1 Å². The van der Waals surface area contributed by atoms with Crippen LogP contribution in [0.25, 0.3) is 0 Å². The first-order chi connectivity index (χ1) is 11.0. The predicted octanol–water partition coefficient (Wildman–Crippen LogP) is 2.16. The van der Waals surface area contributed by atoms with Gasteiger partial charge in [0.25, 0.3) is 17.2 Å². The molecule has 1 aromatic carbocycles. The summed E-state index contributed by atoms with van der Waals surface area (Å²) in [6.45, 7) is 0.476. The standard InChI is InChI=1S/C13H9ClN4O4S/c14-7-1-2-10(18(21)22)9(5-7)16-11(19)8-6-15-13-17(12(8)20)3-4-23-13/h1-2,5-6H,3-4H2,(H,16,19). The van der Waals surface area contributed by atoms with Gasteiger partial charge in [-0.15, -0.1) is 0 Å². The van der Waals surface area contributed by atoms with Crippen molar-refractivity contribution < 1.29 is 9.72 Å². The van der Waals surface area contributed by atoms with E-state index in [1.807, 2.05) is 0 Å². The third-order valence-electron chi connectivity index (χ3n) is 3.20. The van der Waals surface area contributed by atoms with Gasteiger partial charge in [-0.05, 0) is 12.1 Å². The van der Waals surface area contributed by atoms with E-state index in [0.29, 0.717) is 17.5 Å². The lowest BCUT2D eigenvalue weighted by Gasteiger charge is -2.07. The van der Waals surface area contributed by atoms with Gasteiger partial charge in [0.15, 0.2) is 5.16 Å². The smallest absolute Gasteiger partial charge is 0.292 e. The molecule has 1 N–H and O–H groups in total. The van der Waals surface area contributed by atoms with Crippen LogP contribution in [0.1, 0.15) is 10.4 Å². The van der Waals surface area contributed by atoms with Crippen molar-refractivity contribution in [2.75, 3.05) is 11.1 Å². The van der Waals surface area contributed by atoms with E-state index in [1.54, 1.807) is 0 Å². The number of nitrogens with zero attached hydrogens (tertiary/aromatic N) is 3. The van der Waals surface area contributed by atoms with Gasteiger partial charge in [0.1, 0.15) is 11.3 Å². The summed E-state index contributed by atoms with van der Waals surface area (Å²) < 4.78 is 1.41. The molecule has 0 fully saturated rings. The van der Waals surface area contributed by atoms with Crippen LogP contribution in [-0.2, 0) is 6.54 Å². The lowest BCUT2D eigenvalue weighted by molar-refractivity contribution is -0.383. The van der Waals surface area contributed by atoms with Crippen molar-refractivity contribution in [1.29, 1.82) is 0 Å². The maximum atomic E-state index is 12.3. The number of carbonyl (C=O) groups excluding carboxylic acids is 1. The fourth-order valence-corrected chi connectivity index (χ4v) is 3.22. The Labute approximate surface area is 138 Å². The van der Waals surface area contributed by atoms with Crippen molar-refractivity contribution in [3.8, 4) is 0 Å². The van der Waals surface area contributed by atoms with Crippen LogP contribution in [0.4, 0.5) is 11.4 Å². The monoisotopic (exact) mass is 352 g/mol. The van der Waals surface area contributed by atoms with Crippen LogP contribution in [0.2, 0.25) is 5.02 Å².